The number of carbonyl (C=O) groups excluding carboxylic acids is 7. The van der Waals surface area contributed by atoms with Crippen LogP contribution in [0.2, 0.25) is 5.02 Å². The van der Waals surface area contributed by atoms with E-state index >= 15 is 0 Å². The molecule has 6 N–H and O–H groups in total. The van der Waals surface area contributed by atoms with E-state index in [4.69, 9.17) is 22.1 Å². The molecule has 2 aliphatic rings. The molecule has 1 saturated heterocycles. The average molecular weight is 885 g/mol. The van der Waals surface area contributed by atoms with Crippen molar-refractivity contribution in [3.63, 3.8) is 0 Å². The normalized spacial score (nSPS) is 18.4. The molecule has 6 amide bonds. The minimum absolute atomic E-state index is 0.0380. The van der Waals surface area contributed by atoms with Crippen LogP contribution in [0, 0.1) is 35.0 Å². The molecular formula is C41H50ClF5N6O8. The average Bonchev–Trinajstić information content (AvgIpc) is 3.63. The number of hydrogen-bond acceptors (Lipinski definition) is 8. The fourth-order valence-corrected chi connectivity index (χ4v) is 7.74. The van der Waals surface area contributed by atoms with Crippen molar-refractivity contribution in [2.45, 2.75) is 121 Å². The molecule has 1 aliphatic carbocycles. The molecule has 2 aromatic rings. The summed E-state index contributed by atoms with van der Waals surface area (Å²) in [4.78, 5) is 94.3. The summed E-state index contributed by atoms with van der Waals surface area (Å²) in [6, 6.07) is 0.527. The van der Waals surface area contributed by atoms with E-state index in [9.17, 15) is 55.5 Å². The Hall–Kier alpha value is -5.17. The van der Waals surface area contributed by atoms with Gasteiger partial charge in [0.15, 0.2) is 23.3 Å². The summed E-state index contributed by atoms with van der Waals surface area (Å²) >= 11 is 5.99. The summed E-state index contributed by atoms with van der Waals surface area (Å²) in [5.41, 5.74) is 3.58. The molecule has 1 heterocycles. The topological polar surface area (TPSA) is 206 Å². The van der Waals surface area contributed by atoms with E-state index in [2.05, 4.69) is 21.3 Å². The van der Waals surface area contributed by atoms with Gasteiger partial charge in [0.2, 0.25) is 41.1 Å². The van der Waals surface area contributed by atoms with Crippen LogP contribution in [0.4, 0.5) is 22.0 Å². The number of hydrogen-bond donors (Lipinski definition) is 5. The second-order valence-electron chi connectivity index (χ2n) is 16.1. The molecule has 0 spiro atoms. The highest BCUT2D eigenvalue weighted by atomic mass is 35.5. The van der Waals surface area contributed by atoms with Crippen LogP contribution < -0.4 is 27.0 Å². The Morgan fingerprint density at radius 2 is 1.51 bits per heavy atom. The van der Waals surface area contributed by atoms with Gasteiger partial charge in [0.25, 0.3) is 5.91 Å². The van der Waals surface area contributed by atoms with E-state index in [0.29, 0.717) is 32.1 Å². The van der Waals surface area contributed by atoms with Crippen LogP contribution in [0.25, 0.3) is 0 Å². The molecule has 1 aliphatic heterocycles. The van der Waals surface area contributed by atoms with Gasteiger partial charge in [-0.3, -0.25) is 33.6 Å². The van der Waals surface area contributed by atoms with Crippen LogP contribution in [0.15, 0.2) is 24.3 Å². The highest BCUT2D eigenvalue weighted by Crippen LogP contribution is 2.32. The Balaban J connectivity index is 1.53. The van der Waals surface area contributed by atoms with Crippen LogP contribution in [0.3, 0.4) is 0 Å². The van der Waals surface area contributed by atoms with Crippen LogP contribution in [-0.2, 0) is 44.7 Å². The number of amides is 6. The molecule has 14 nitrogen and oxygen atoms in total. The number of nitrogens with one attached hydrogen (secondary N) is 4. The number of ketones is 1. The van der Waals surface area contributed by atoms with Crippen molar-refractivity contribution in [2.24, 2.45) is 11.7 Å². The van der Waals surface area contributed by atoms with E-state index in [0.717, 1.165) is 11.3 Å². The molecule has 5 atom stereocenters. The number of Topliss-reactive ketones (excluding diaryl/α,β-unsaturated/α-hetero) is 1. The summed E-state index contributed by atoms with van der Waals surface area (Å²) in [6.07, 6.45) is 1.11. The maximum atomic E-state index is 14.5. The first kappa shape index (κ1) is 48.5. The predicted molar refractivity (Wildman–Crippen MR) is 210 cm³/mol. The lowest BCUT2D eigenvalue weighted by Crippen LogP contribution is -2.58. The number of ether oxygens (including phenoxy) is 1. The molecule has 2 fully saturated rings. The zero-order chi connectivity index (χ0) is 45.3. The van der Waals surface area contributed by atoms with E-state index < -0.39 is 131 Å². The van der Waals surface area contributed by atoms with Crippen molar-refractivity contribution in [3.8, 4) is 0 Å². The maximum absolute atomic E-state index is 14.5. The standard InChI is InChI=1S/C41H50ClF5N6O8/c1-5-10-25(36(56)39(59)49-18-28(55)52-34(37(48)57)21-13-9-14-22(42)15-21)50-38(58)26-16-23(61-41(2,3)4)19-53(26)40(60)35(20-11-7-6-8-12-20)51-27(54)17-24-29(43)31(45)33(47)32(46)30(24)44/h9,13-15,20,23,25-26,34-35H,5-8,10-12,16-19H2,1-4H3,(H2,48,57)(H,49,59)(H,50,58)(H,51,54)(H,52,55). The highest BCUT2D eigenvalue weighted by molar-refractivity contribution is 6.38. The summed E-state index contributed by atoms with van der Waals surface area (Å²) in [6.45, 7) is 6.00. The van der Waals surface area contributed by atoms with Crippen molar-refractivity contribution in [3.05, 3.63) is 69.5 Å². The van der Waals surface area contributed by atoms with Gasteiger partial charge in [0.1, 0.15) is 18.1 Å². The molecular weight excluding hydrogens is 835 g/mol. The molecule has 0 radical (unpaired) electrons. The van der Waals surface area contributed by atoms with Gasteiger partial charge in [-0.1, -0.05) is 56.3 Å². The van der Waals surface area contributed by atoms with Gasteiger partial charge in [-0.25, -0.2) is 22.0 Å². The number of likely N-dealkylation sites (tertiary alicyclic amines) is 1. The fraction of sp³-hybridized carbons (Fsp3) is 0.537. The van der Waals surface area contributed by atoms with Gasteiger partial charge in [-0.15, -0.1) is 0 Å². The first-order chi connectivity index (χ1) is 28.6. The number of nitrogens with zero attached hydrogens (tertiary/aromatic N) is 1. The van der Waals surface area contributed by atoms with Crippen LogP contribution >= 0.6 is 11.6 Å². The molecule has 20 heteroatoms. The number of halogens is 6. The van der Waals surface area contributed by atoms with E-state index in [-0.39, 0.29) is 30.0 Å². The molecule has 0 aromatic heterocycles. The first-order valence-electron chi connectivity index (χ1n) is 19.9. The Labute approximate surface area is 354 Å². The Morgan fingerprint density at radius 1 is 0.885 bits per heavy atom. The van der Waals surface area contributed by atoms with E-state index in [1.165, 1.54) is 18.2 Å². The third-order valence-corrected chi connectivity index (χ3v) is 10.6. The quantitative estimate of drug-likeness (QED) is 0.0684. The predicted octanol–water partition coefficient (Wildman–Crippen LogP) is 3.74. The lowest BCUT2D eigenvalue weighted by Gasteiger charge is -2.35. The number of benzene rings is 2. The van der Waals surface area contributed by atoms with Crippen molar-refractivity contribution in [2.75, 3.05) is 13.1 Å². The minimum Gasteiger partial charge on any atom is -0.371 e. The zero-order valence-electron chi connectivity index (χ0n) is 34.1. The molecule has 2 aromatic carbocycles. The second kappa shape index (κ2) is 21.1. The number of primary amides is 1. The number of nitrogens with two attached hydrogens (primary N) is 1. The molecule has 61 heavy (non-hydrogen) atoms. The van der Waals surface area contributed by atoms with Gasteiger partial charge in [-0.2, -0.15) is 0 Å². The highest BCUT2D eigenvalue weighted by Gasteiger charge is 2.46. The summed E-state index contributed by atoms with van der Waals surface area (Å²) < 4.78 is 76.8. The molecule has 5 unspecified atom stereocenters. The van der Waals surface area contributed by atoms with E-state index in [1.54, 1.807) is 33.8 Å². The van der Waals surface area contributed by atoms with Crippen LogP contribution in [-0.4, -0.2) is 89.0 Å². The van der Waals surface area contributed by atoms with Crippen molar-refractivity contribution in [1.29, 1.82) is 0 Å². The lowest BCUT2D eigenvalue weighted by atomic mass is 9.83. The smallest absolute Gasteiger partial charge is 0.290 e. The number of carbonyl (C=O) groups is 7. The number of rotatable bonds is 17. The summed E-state index contributed by atoms with van der Waals surface area (Å²) in [5.74, 6) is -18.8. The Bertz CT molecular complexity index is 1980. The fourth-order valence-electron chi connectivity index (χ4n) is 7.54. The second-order valence-corrected chi connectivity index (χ2v) is 16.6. The van der Waals surface area contributed by atoms with Gasteiger partial charge in [0.05, 0.1) is 30.7 Å². The molecule has 0 bridgehead atoms. The molecule has 334 valence electrons. The van der Waals surface area contributed by atoms with Crippen LogP contribution in [0.1, 0.15) is 96.2 Å². The largest absolute Gasteiger partial charge is 0.371 e. The lowest BCUT2D eigenvalue weighted by molar-refractivity contribution is -0.144. The first-order valence-corrected chi connectivity index (χ1v) is 20.3. The minimum atomic E-state index is -2.39. The molecule has 1 saturated carbocycles. The third-order valence-electron chi connectivity index (χ3n) is 10.3. The van der Waals surface area contributed by atoms with Crippen molar-refractivity contribution < 1.29 is 60.3 Å². The van der Waals surface area contributed by atoms with Gasteiger partial charge >= 0.3 is 0 Å². The zero-order valence-corrected chi connectivity index (χ0v) is 34.9. The van der Waals surface area contributed by atoms with Crippen molar-refractivity contribution >= 4 is 52.8 Å². The summed E-state index contributed by atoms with van der Waals surface area (Å²) in [5, 5.41) is 9.79. The Morgan fingerprint density at radius 3 is 2.08 bits per heavy atom. The summed E-state index contributed by atoms with van der Waals surface area (Å²) in [7, 11) is 0. The van der Waals surface area contributed by atoms with Gasteiger partial charge in [0, 0.05) is 23.6 Å². The van der Waals surface area contributed by atoms with Crippen LogP contribution in [0.5, 0.6) is 0 Å². The third kappa shape index (κ3) is 12.7. The van der Waals surface area contributed by atoms with Crippen molar-refractivity contribution in [1.82, 2.24) is 26.2 Å². The Kier molecular flexibility index (Phi) is 16.8. The maximum Gasteiger partial charge on any atom is 0.290 e. The van der Waals surface area contributed by atoms with E-state index in [1.807, 2.05) is 0 Å². The molecule has 4 rings (SSSR count). The SMILES string of the molecule is CCCC(NC(=O)C1CC(OC(C)(C)C)CN1C(=O)C(NC(=O)Cc1c(F)c(F)c(F)c(F)c1F)C1CCCCC1)C(=O)C(=O)NCC(=O)NC(C(N)=O)c1cccc(Cl)c1. The van der Waals surface area contributed by atoms with Gasteiger partial charge in [-0.05, 0) is 63.6 Å². The monoisotopic (exact) mass is 884 g/mol. The van der Waals surface area contributed by atoms with Gasteiger partial charge < -0.3 is 36.6 Å².